The fourth-order valence-corrected chi connectivity index (χ4v) is 2.73. The van der Waals surface area contributed by atoms with E-state index < -0.39 is 23.8 Å². The Balaban J connectivity index is 2.97. The predicted octanol–water partition coefficient (Wildman–Crippen LogP) is 1.38. The molecule has 2 amide bonds. The van der Waals surface area contributed by atoms with E-state index >= 15 is 0 Å². The van der Waals surface area contributed by atoms with Gasteiger partial charge in [0.15, 0.2) is 0 Å². The van der Waals surface area contributed by atoms with Crippen LogP contribution in [0.1, 0.15) is 37.0 Å². The third-order valence-corrected chi connectivity index (χ3v) is 4.39. The molecule has 1 aromatic heterocycles. The van der Waals surface area contributed by atoms with Gasteiger partial charge in [-0.2, -0.15) is 0 Å². The molecule has 1 atom stereocenters. The summed E-state index contributed by atoms with van der Waals surface area (Å²) >= 11 is 1.48. The lowest BCUT2D eigenvalue weighted by atomic mass is 10.0. The van der Waals surface area contributed by atoms with Gasteiger partial charge in [-0.3, -0.25) is 9.59 Å². The number of amides is 2. The van der Waals surface area contributed by atoms with Gasteiger partial charge in [0.2, 0.25) is 0 Å². The molecule has 148 valence electrons. The molecule has 27 heavy (non-hydrogen) atoms. The van der Waals surface area contributed by atoms with E-state index in [1.165, 1.54) is 17.8 Å². The van der Waals surface area contributed by atoms with Crippen molar-refractivity contribution in [3.8, 4) is 0 Å². The lowest BCUT2D eigenvalue weighted by Gasteiger charge is -2.19. The molecule has 9 heteroatoms. The standard InChI is InChI=1S/C18H26N4O4S/c1-6-13(16(23)22-15(10(2)3)18(25)26)21-17(24)14-8-12(27-5)7-11(20-14)9-19-4/h6-8,10,15,19H,9H2,1-5H3,(H,21,24)(H,22,23)(H,25,26)/b13-6-/t15-/m0/s1. The van der Waals surface area contributed by atoms with Crippen LogP contribution in [0.3, 0.4) is 0 Å². The molecule has 0 bridgehead atoms. The number of rotatable bonds is 9. The first-order chi connectivity index (χ1) is 12.7. The number of carbonyl (C=O) groups excluding carboxylic acids is 2. The number of carboxylic acid groups (broad SMARTS) is 1. The van der Waals surface area contributed by atoms with Gasteiger partial charge in [0.05, 0.1) is 5.69 Å². The van der Waals surface area contributed by atoms with E-state index in [1.807, 2.05) is 12.3 Å². The first kappa shape index (κ1) is 22.7. The number of thioether (sulfide) groups is 1. The van der Waals surface area contributed by atoms with Crippen LogP contribution in [0.2, 0.25) is 0 Å². The molecule has 0 aliphatic carbocycles. The van der Waals surface area contributed by atoms with E-state index in [0.717, 1.165) is 4.90 Å². The van der Waals surface area contributed by atoms with Gasteiger partial charge in [-0.05, 0) is 38.3 Å². The van der Waals surface area contributed by atoms with Crippen molar-refractivity contribution in [3.63, 3.8) is 0 Å². The Kier molecular flexibility index (Phi) is 8.96. The summed E-state index contributed by atoms with van der Waals surface area (Å²) in [5.74, 6) is -2.64. The largest absolute Gasteiger partial charge is 0.480 e. The van der Waals surface area contributed by atoms with Crippen LogP contribution < -0.4 is 16.0 Å². The van der Waals surface area contributed by atoms with E-state index in [2.05, 4.69) is 20.9 Å². The average Bonchev–Trinajstić information content (AvgIpc) is 2.62. The van der Waals surface area contributed by atoms with Crippen LogP contribution in [-0.2, 0) is 16.1 Å². The number of aromatic nitrogens is 1. The van der Waals surface area contributed by atoms with Crippen molar-refractivity contribution in [1.82, 2.24) is 20.9 Å². The second-order valence-corrected chi connectivity index (χ2v) is 6.98. The number of nitrogens with one attached hydrogen (secondary N) is 3. The van der Waals surface area contributed by atoms with Crippen molar-refractivity contribution in [3.05, 3.63) is 35.3 Å². The van der Waals surface area contributed by atoms with Crippen LogP contribution in [0.15, 0.2) is 28.8 Å². The zero-order valence-corrected chi connectivity index (χ0v) is 16.9. The SMILES string of the molecule is C/C=C(\NC(=O)c1cc(SC)cc(CNC)n1)C(=O)N[C@H](C(=O)O)C(C)C. The quantitative estimate of drug-likeness (QED) is 0.369. The fraction of sp³-hybridized carbons (Fsp3) is 0.444. The summed E-state index contributed by atoms with van der Waals surface area (Å²) in [6.45, 7) is 5.46. The van der Waals surface area contributed by atoms with E-state index in [9.17, 15) is 19.5 Å². The summed E-state index contributed by atoms with van der Waals surface area (Å²) in [7, 11) is 1.78. The summed E-state index contributed by atoms with van der Waals surface area (Å²) < 4.78 is 0. The molecule has 1 heterocycles. The molecule has 0 saturated carbocycles. The third kappa shape index (κ3) is 6.69. The summed E-state index contributed by atoms with van der Waals surface area (Å²) in [5, 5.41) is 17.1. The van der Waals surface area contributed by atoms with Gasteiger partial charge in [0.25, 0.3) is 11.8 Å². The number of carbonyl (C=O) groups is 3. The summed E-state index contributed by atoms with van der Waals surface area (Å²) in [4.78, 5) is 41.3. The van der Waals surface area contributed by atoms with E-state index in [0.29, 0.717) is 12.2 Å². The third-order valence-electron chi connectivity index (χ3n) is 3.68. The van der Waals surface area contributed by atoms with Crippen LogP contribution in [0, 0.1) is 5.92 Å². The van der Waals surface area contributed by atoms with Gasteiger partial charge >= 0.3 is 5.97 Å². The van der Waals surface area contributed by atoms with Crippen LogP contribution >= 0.6 is 11.8 Å². The second-order valence-electron chi connectivity index (χ2n) is 6.10. The molecule has 0 spiro atoms. The number of hydrogen-bond acceptors (Lipinski definition) is 6. The number of nitrogens with zero attached hydrogens (tertiary/aromatic N) is 1. The molecule has 0 fully saturated rings. The van der Waals surface area contributed by atoms with Crippen molar-refractivity contribution in [1.29, 1.82) is 0 Å². The van der Waals surface area contributed by atoms with Crippen molar-refractivity contribution < 1.29 is 19.5 Å². The van der Waals surface area contributed by atoms with Crippen molar-refractivity contribution in [2.75, 3.05) is 13.3 Å². The van der Waals surface area contributed by atoms with Gasteiger partial charge in [0, 0.05) is 11.4 Å². The Morgan fingerprint density at radius 2 is 1.96 bits per heavy atom. The highest BCUT2D eigenvalue weighted by atomic mass is 32.2. The minimum absolute atomic E-state index is 0.0292. The number of aliphatic carboxylic acids is 1. The number of hydrogen-bond donors (Lipinski definition) is 4. The highest BCUT2D eigenvalue weighted by Crippen LogP contribution is 2.17. The van der Waals surface area contributed by atoms with Gasteiger partial charge in [0.1, 0.15) is 17.4 Å². The molecule has 0 aliphatic heterocycles. The molecule has 1 rings (SSSR count). The predicted molar refractivity (Wildman–Crippen MR) is 104 cm³/mol. The van der Waals surface area contributed by atoms with Crippen LogP contribution in [0.5, 0.6) is 0 Å². The smallest absolute Gasteiger partial charge is 0.326 e. The number of carboxylic acids is 1. The molecular formula is C18H26N4O4S. The first-order valence-electron chi connectivity index (χ1n) is 8.44. The average molecular weight is 394 g/mol. The molecule has 0 saturated heterocycles. The summed E-state index contributed by atoms with van der Waals surface area (Å²) in [6.07, 6.45) is 3.31. The number of allylic oxidation sites excluding steroid dienone is 1. The topological polar surface area (TPSA) is 120 Å². The number of pyridine rings is 1. The van der Waals surface area contributed by atoms with Gasteiger partial charge < -0.3 is 21.1 Å². The molecule has 0 aliphatic rings. The van der Waals surface area contributed by atoms with Crippen molar-refractivity contribution in [2.45, 2.75) is 38.3 Å². The summed E-state index contributed by atoms with van der Waals surface area (Å²) in [6, 6.07) is 2.46. The molecule has 0 aromatic carbocycles. The Morgan fingerprint density at radius 3 is 2.44 bits per heavy atom. The zero-order valence-electron chi connectivity index (χ0n) is 16.1. The van der Waals surface area contributed by atoms with E-state index in [1.54, 1.807) is 33.9 Å². The molecule has 4 N–H and O–H groups in total. The molecule has 0 radical (unpaired) electrons. The maximum absolute atomic E-state index is 12.6. The van der Waals surface area contributed by atoms with Crippen LogP contribution in [0.25, 0.3) is 0 Å². The second kappa shape index (κ2) is 10.7. The highest BCUT2D eigenvalue weighted by Gasteiger charge is 2.25. The summed E-state index contributed by atoms with van der Waals surface area (Å²) in [5.41, 5.74) is 0.850. The van der Waals surface area contributed by atoms with Crippen LogP contribution in [0.4, 0.5) is 0 Å². The Hall–Kier alpha value is -2.39. The lowest BCUT2D eigenvalue weighted by Crippen LogP contribution is -2.47. The van der Waals surface area contributed by atoms with Gasteiger partial charge in [-0.25, -0.2) is 9.78 Å². The maximum atomic E-state index is 12.6. The Morgan fingerprint density at radius 1 is 1.30 bits per heavy atom. The van der Waals surface area contributed by atoms with Gasteiger partial charge in [-0.1, -0.05) is 19.9 Å². The lowest BCUT2D eigenvalue weighted by molar-refractivity contribution is -0.142. The van der Waals surface area contributed by atoms with E-state index in [-0.39, 0.29) is 17.3 Å². The Bertz CT molecular complexity index is 734. The molecular weight excluding hydrogens is 368 g/mol. The van der Waals surface area contributed by atoms with Gasteiger partial charge in [-0.15, -0.1) is 11.8 Å². The maximum Gasteiger partial charge on any atom is 0.326 e. The van der Waals surface area contributed by atoms with E-state index in [4.69, 9.17) is 0 Å². The fourth-order valence-electron chi connectivity index (χ4n) is 2.24. The normalized spacial score (nSPS) is 12.6. The zero-order chi connectivity index (χ0) is 20.6. The molecule has 1 aromatic rings. The van der Waals surface area contributed by atoms with Crippen LogP contribution in [-0.4, -0.2) is 47.2 Å². The van der Waals surface area contributed by atoms with Crippen molar-refractivity contribution >= 4 is 29.5 Å². The minimum atomic E-state index is -1.13. The molecule has 0 unspecified atom stereocenters. The van der Waals surface area contributed by atoms with Crippen molar-refractivity contribution in [2.24, 2.45) is 5.92 Å². The Labute approximate surface area is 163 Å². The first-order valence-corrected chi connectivity index (χ1v) is 9.66. The monoisotopic (exact) mass is 394 g/mol. The molecule has 8 nitrogen and oxygen atoms in total. The minimum Gasteiger partial charge on any atom is -0.480 e. The highest BCUT2D eigenvalue weighted by molar-refractivity contribution is 7.98.